The van der Waals surface area contributed by atoms with E-state index in [1.807, 2.05) is 0 Å². The van der Waals surface area contributed by atoms with E-state index in [4.69, 9.17) is 9.47 Å². The van der Waals surface area contributed by atoms with Gasteiger partial charge in [0.2, 0.25) is 10.0 Å². The fourth-order valence-electron chi connectivity index (χ4n) is 4.54. The van der Waals surface area contributed by atoms with Gasteiger partial charge in [-0.1, -0.05) is 13.8 Å². The molecule has 1 amide bonds. The number of nitrogens with zero attached hydrogens (tertiary/aromatic N) is 3. The van der Waals surface area contributed by atoms with Gasteiger partial charge in [-0.25, -0.2) is 8.42 Å². The molecule has 2 aliphatic rings. The van der Waals surface area contributed by atoms with Gasteiger partial charge in [0.1, 0.15) is 23.8 Å². The Morgan fingerprint density at radius 1 is 1.03 bits per heavy atom. The van der Waals surface area contributed by atoms with Crippen LogP contribution in [0.1, 0.15) is 47.5 Å². The molecule has 0 unspecified atom stereocenters. The first-order chi connectivity index (χ1) is 16.3. The van der Waals surface area contributed by atoms with E-state index in [9.17, 15) is 18.0 Å². The highest BCUT2D eigenvalue weighted by Crippen LogP contribution is 2.33. The molecule has 3 heterocycles. The maximum absolute atomic E-state index is 13.2. The lowest BCUT2D eigenvalue weighted by atomic mass is 9.88. The van der Waals surface area contributed by atoms with E-state index in [-0.39, 0.29) is 22.5 Å². The summed E-state index contributed by atoms with van der Waals surface area (Å²) in [5.41, 5.74) is 0.907. The van der Waals surface area contributed by atoms with Crippen molar-refractivity contribution in [3.8, 4) is 11.5 Å². The second-order valence-corrected chi connectivity index (χ2v) is 10.5. The summed E-state index contributed by atoms with van der Waals surface area (Å²) in [5.74, 6) is 0.861. The van der Waals surface area contributed by atoms with Crippen LogP contribution < -0.4 is 9.47 Å². The zero-order valence-electron chi connectivity index (χ0n) is 19.8. The van der Waals surface area contributed by atoms with E-state index < -0.39 is 10.0 Å². The Balaban J connectivity index is 1.42. The molecule has 34 heavy (non-hydrogen) atoms. The first-order valence-electron chi connectivity index (χ1n) is 11.7. The molecule has 0 N–H and O–H groups in total. The van der Waals surface area contributed by atoms with Crippen molar-refractivity contribution in [3.63, 3.8) is 0 Å². The molecule has 184 valence electrons. The topological polar surface area (TPSA) is 98.2 Å². The molecule has 2 aliphatic heterocycles. The molecule has 9 nitrogen and oxygen atoms in total. The van der Waals surface area contributed by atoms with E-state index in [1.165, 1.54) is 16.6 Å². The van der Waals surface area contributed by atoms with Crippen LogP contribution >= 0.6 is 0 Å². The average molecular weight is 490 g/mol. The number of likely N-dealkylation sites (tertiary alicyclic amines) is 1. The highest BCUT2D eigenvalue weighted by atomic mass is 32.2. The fraction of sp³-hybridized carbons (Fsp3) is 0.500. The van der Waals surface area contributed by atoms with Gasteiger partial charge in [-0.3, -0.25) is 9.59 Å². The number of fused-ring (bicyclic) bond motifs is 1. The van der Waals surface area contributed by atoms with Gasteiger partial charge in [0.15, 0.2) is 17.3 Å². The molecule has 0 aliphatic carbocycles. The SMILES string of the molecule is CCN(CC)S(=O)(=O)c1cc(C(=O)N2CCC(C(=O)c3ccc4c(c3)OCCO4)CC2)n(C)c1. The number of carbonyl (C=O) groups excluding carboxylic acids is 2. The van der Waals surface area contributed by atoms with Crippen LogP contribution in [-0.4, -0.2) is 73.3 Å². The Labute approximate surface area is 200 Å². The number of Topliss-reactive ketones (excluding diaryl/α,β-unsaturated/α-hetero) is 1. The number of ketones is 1. The van der Waals surface area contributed by atoms with Crippen molar-refractivity contribution >= 4 is 21.7 Å². The predicted molar refractivity (Wildman–Crippen MR) is 126 cm³/mol. The summed E-state index contributed by atoms with van der Waals surface area (Å²) in [6, 6.07) is 6.70. The fourth-order valence-corrected chi connectivity index (χ4v) is 6.07. The summed E-state index contributed by atoms with van der Waals surface area (Å²) in [5, 5.41) is 0. The van der Waals surface area contributed by atoms with E-state index in [2.05, 4.69) is 0 Å². The Kier molecular flexibility index (Phi) is 6.99. The number of sulfonamides is 1. The molecule has 4 rings (SSSR count). The van der Waals surface area contributed by atoms with Crippen LogP contribution in [0, 0.1) is 5.92 Å². The van der Waals surface area contributed by atoms with Crippen molar-refractivity contribution in [2.45, 2.75) is 31.6 Å². The second kappa shape index (κ2) is 9.79. The highest BCUT2D eigenvalue weighted by molar-refractivity contribution is 7.89. The van der Waals surface area contributed by atoms with Crippen LogP contribution in [-0.2, 0) is 17.1 Å². The molecular weight excluding hydrogens is 458 g/mol. The lowest BCUT2D eigenvalue weighted by Crippen LogP contribution is -2.40. The van der Waals surface area contributed by atoms with Crippen molar-refractivity contribution in [1.82, 2.24) is 13.8 Å². The summed E-state index contributed by atoms with van der Waals surface area (Å²) in [4.78, 5) is 28.0. The van der Waals surface area contributed by atoms with Crippen LogP contribution in [0.15, 0.2) is 35.4 Å². The number of carbonyl (C=O) groups is 2. The molecule has 1 aromatic heterocycles. The van der Waals surface area contributed by atoms with Crippen LogP contribution in [0.25, 0.3) is 0 Å². The Morgan fingerprint density at radius 2 is 1.68 bits per heavy atom. The number of aryl methyl sites for hydroxylation is 1. The first-order valence-corrected chi connectivity index (χ1v) is 13.1. The number of rotatable bonds is 7. The van der Waals surface area contributed by atoms with Crippen molar-refractivity contribution in [2.75, 3.05) is 39.4 Å². The molecule has 1 fully saturated rings. The van der Waals surface area contributed by atoms with Gasteiger partial charge in [-0.05, 0) is 37.1 Å². The number of amides is 1. The van der Waals surface area contributed by atoms with Crippen molar-refractivity contribution in [1.29, 1.82) is 0 Å². The molecule has 0 atom stereocenters. The predicted octanol–water partition coefficient (Wildman–Crippen LogP) is 2.56. The largest absolute Gasteiger partial charge is 0.486 e. The number of hydrogen-bond acceptors (Lipinski definition) is 6. The second-order valence-electron chi connectivity index (χ2n) is 8.55. The van der Waals surface area contributed by atoms with E-state index in [0.29, 0.717) is 75.0 Å². The minimum atomic E-state index is -3.65. The number of benzene rings is 1. The zero-order valence-corrected chi connectivity index (χ0v) is 20.6. The smallest absolute Gasteiger partial charge is 0.270 e. The number of hydrogen-bond donors (Lipinski definition) is 0. The van der Waals surface area contributed by atoms with E-state index >= 15 is 0 Å². The van der Waals surface area contributed by atoms with Crippen LogP contribution in [0.4, 0.5) is 0 Å². The third-order valence-electron chi connectivity index (χ3n) is 6.52. The average Bonchev–Trinajstić information content (AvgIpc) is 3.26. The minimum Gasteiger partial charge on any atom is -0.486 e. The summed E-state index contributed by atoms with van der Waals surface area (Å²) in [7, 11) is -1.97. The van der Waals surface area contributed by atoms with Gasteiger partial charge in [-0.15, -0.1) is 0 Å². The molecule has 2 aromatic rings. The van der Waals surface area contributed by atoms with Crippen molar-refractivity contribution in [3.05, 3.63) is 41.7 Å². The molecule has 0 bridgehead atoms. The Bertz CT molecular complexity index is 1180. The molecule has 1 saturated heterocycles. The summed E-state index contributed by atoms with van der Waals surface area (Å²) < 4.78 is 39.7. The first kappa shape index (κ1) is 24.3. The van der Waals surface area contributed by atoms with Gasteiger partial charge in [0.25, 0.3) is 5.91 Å². The van der Waals surface area contributed by atoms with Crippen molar-refractivity contribution in [2.24, 2.45) is 13.0 Å². The van der Waals surface area contributed by atoms with Gasteiger partial charge in [0.05, 0.1) is 0 Å². The Morgan fingerprint density at radius 3 is 2.32 bits per heavy atom. The number of aromatic nitrogens is 1. The highest BCUT2D eigenvalue weighted by Gasteiger charge is 2.31. The third kappa shape index (κ3) is 4.56. The number of piperidine rings is 1. The molecular formula is C24H31N3O6S. The Hall–Kier alpha value is -2.85. The van der Waals surface area contributed by atoms with E-state index in [1.54, 1.807) is 48.6 Å². The molecule has 10 heteroatoms. The van der Waals surface area contributed by atoms with Gasteiger partial charge < -0.3 is 18.9 Å². The van der Waals surface area contributed by atoms with Crippen LogP contribution in [0.2, 0.25) is 0 Å². The third-order valence-corrected chi connectivity index (χ3v) is 8.54. The molecule has 0 radical (unpaired) electrons. The van der Waals surface area contributed by atoms with Crippen LogP contribution in [0.3, 0.4) is 0 Å². The molecule has 1 aromatic carbocycles. The van der Waals surface area contributed by atoms with Crippen molar-refractivity contribution < 1.29 is 27.5 Å². The normalized spacial score (nSPS) is 16.6. The minimum absolute atomic E-state index is 0.0375. The lowest BCUT2D eigenvalue weighted by molar-refractivity contribution is 0.0642. The molecule has 0 saturated carbocycles. The standard InChI is InChI=1S/C24H31N3O6S/c1-4-27(5-2)34(30,31)19-15-20(25(3)16-19)24(29)26-10-8-17(9-11-26)23(28)18-6-7-21-22(14-18)33-13-12-32-21/h6-7,14-17H,4-5,8-13H2,1-3H3. The van der Waals surface area contributed by atoms with Crippen LogP contribution in [0.5, 0.6) is 11.5 Å². The van der Waals surface area contributed by atoms with Gasteiger partial charge in [-0.2, -0.15) is 4.31 Å². The number of ether oxygens (including phenoxy) is 2. The quantitative estimate of drug-likeness (QED) is 0.555. The zero-order chi connectivity index (χ0) is 24.5. The summed E-state index contributed by atoms with van der Waals surface area (Å²) in [6.45, 7) is 6.12. The summed E-state index contributed by atoms with van der Waals surface area (Å²) in [6.07, 6.45) is 2.58. The van der Waals surface area contributed by atoms with E-state index in [0.717, 1.165) is 0 Å². The lowest BCUT2D eigenvalue weighted by Gasteiger charge is -2.31. The van der Waals surface area contributed by atoms with Gasteiger partial charge >= 0.3 is 0 Å². The maximum Gasteiger partial charge on any atom is 0.270 e. The molecule has 0 spiro atoms. The maximum atomic E-state index is 13.2. The monoisotopic (exact) mass is 489 g/mol. The summed E-state index contributed by atoms with van der Waals surface area (Å²) >= 11 is 0. The van der Waals surface area contributed by atoms with Gasteiger partial charge in [0, 0.05) is 50.9 Å².